The minimum atomic E-state index is -0.133. The third kappa shape index (κ3) is 5.52. The highest BCUT2D eigenvalue weighted by molar-refractivity contribution is 9.10. The summed E-state index contributed by atoms with van der Waals surface area (Å²) >= 11 is 3.75. The molecule has 0 fully saturated rings. The van der Waals surface area contributed by atoms with Crippen LogP contribution in [0.3, 0.4) is 0 Å². The highest BCUT2D eigenvalue weighted by Gasteiger charge is 2.38. The molecule has 0 atom stereocenters. The number of benzene rings is 8. The maximum atomic E-state index is 3.75. The summed E-state index contributed by atoms with van der Waals surface area (Å²) in [5, 5.41) is 3.69. The first-order chi connectivity index (χ1) is 28.9. The van der Waals surface area contributed by atoms with E-state index >= 15 is 0 Å². The monoisotopic (exact) mass is 838 g/mol. The second-order valence-electron chi connectivity index (χ2n) is 18.5. The number of nitrogens with zero attached hydrogens (tertiary/aromatic N) is 1. The number of rotatable bonds is 6. The number of anilines is 5. The molecule has 3 heteroatoms. The highest BCUT2D eigenvalue weighted by Crippen LogP contribution is 2.54. The van der Waals surface area contributed by atoms with Crippen molar-refractivity contribution in [3.63, 3.8) is 0 Å². The molecule has 8 aromatic rings. The van der Waals surface area contributed by atoms with Crippen LogP contribution in [0, 0.1) is 0 Å². The number of fused-ring (bicyclic) bond motifs is 9. The minimum absolute atomic E-state index is 0.0289. The van der Waals surface area contributed by atoms with Gasteiger partial charge in [-0.2, -0.15) is 0 Å². The third-order valence-electron chi connectivity index (χ3n) is 13.9. The van der Waals surface area contributed by atoms with Crippen molar-refractivity contribution in [1.82, 2.24) is 0 Å². The second kappa shape index (κ2) is 13.2. The van der Waals surface area contributed by atoms with Crippen molar-refractivity contribution in [2.24, 2.45) is 0 Å². The Morgan fingerprint density at radius 1 is 0.350 bits per heavy atom. The Labute approximate surface area is 362 Å². The van der Waals surface area contributed by atoms with E-state index in [0.29, 0.717) is 0 Å². The van der Waals surface area contributed by atoms with Crippen LogP contribution in [0.15, 0.2) is 174 Å². The van der Waals surface area contributed by atoms with E-state index < -0.39 is 0 Å². The van der Waals surface area contributed by atoms with Gasteiger partial charge in [0.15, 0.2) is 0 Å². The third-order valence-corrected chi connectivity index (χ3v) is 14.4. The molecule has 0 bridgehead atoms. The first-order valence-corrected chi connectivity index (χ1v) is 21.9. The van der Waals surface area contributed by atoms with E-state index in [-0.39, 0.29) is 16.2 Å². The first kappa shape index (κ1) is 36.9. The molecule has 8 aromatic carbocycles. The summed E-state index contributed by atoms with van der Waals surface area (Å²) in [6, 6.07) is 63.3. The van der Waals surface area contributed by atoms with Gasteiger partial charge in [0.2, 0.25) is 0 Å². The quantitative estimate of drug-likeness (QED) is 0.179. The maximum Gasteiger partial charge on any atom is 0.0465 e. The molecule has 0 radical (unpaired) electrons. The van der Waals surface area contributed by atoms with Crippen molar-refractivity contribution in [2.45, 2.75) is 57.8 Å². The molecular weight excluding hydrogens is 793 g/mol. The number of hydrogen-bond acceptors (Lipinski definition) is 2. The zero-order valence-corrected chi connectivity index (χ0v) is 36.6. The van der Waals surface area contributed by atoms with Gasteiger partial charge in [-0.1, -0.05) is 155 Å². The van der Waals surface area contributed by atoms with Crippen LogP contribution < -0.4 is 10.2 Å². The fourth-order valence-corrected chi connectivity index (χ4v) is 11.0. The van der Waals surface area contributed by atoms with Crippen LogP contribution in [0.2, 0.25) is 0 Å². The molecule has 292 valence electrons. The summed E-state index contributed by atoms with van der Waals surface area (Å²) in [4.78, 5) is 2.45. The number of hydrogen-bond donors (Lipinski definition) is 1. The van der Waals surface area contributed by atoms with Gasteiger partial charge in [0, 0.05) is 49.2 Å². The van der Waals surface area contributed by atoms with E-state index in [1.54, 1.807) is 0 Å². The fraction of sp³-hybridized carbons (Fsp3) is 0.158. The number of nitrogens with one attached hydrogen (secondary N) is 1. The van der Waals surface area contributed by atoms with Crippen LogP contribution in [-0.4, -0.2) is 0 Å². The van der Waals surface area contributed by atoms with Gasteiger partial charge in [-0.15, -0.1) is 0 Å². The summed E-state index contributed by atoms with van der Waals surface area (Å²) in [5.74, 6) is 0. The Balaban J connectivity index is 0.930. The molecule has 0 unspecified atom stereocenters. The van der Waals surface area contributed by atoms with Gasteiger partial charge in [-0.05, 0) is 151 Å². The van der Waals surface area contributed by atoms with Gasteiger partial charge in [-0.3, -0.25) is 0 Å². The molecule has 0 heterocycles. The lowest BCUT2D eigenvalue weighted by Gasteiger charge is -2.30. The van der Waals surface area contributed by atoms with Gasteiger partial charge in [0.25, 0.3) is 0 Å². The Morgan fingerprint density at radius 2 is 0.733 bits per heavy atom. The van der Waals surface area contributed by atoms with Crippen molar-refractivity contribution >= 4 is 44.4 Å². The van der Waals surface area contributed by atoms with Gasteiger partial charge in [-0.25, -0.2) is 0 Å². The van der Waals surface area contributed by atoms with Crippen LogP contribution in [0.25, 0.3) is 44.5 Å². The maximum absolute atomic E-state index is 3.75. The Hall–Kier alpha value is -6.16. The van der Waals surface area contributed by atoms with Crippen LogP contribution in [0.5, 0.6) is 0 Å². The molecule has 3 aliphatic rings. The van der Waals surface area contributed by atoms with E-state index in [9.17, 15) is 0 Å². The molecular formula is C57H47BrN2. The van der Waals surface area contributed by atoms with Gasteiger partial charge in [0.1, 0.15) is 0 Å². The van der Waals surface area contributed by atoms with Crippen LogP contribution in [0.4, 0.5) is 28.4 Å². The lowest BCUT2D eigenvalue weighted by molar-refractivity contribution is 0.659. The summed E-state index contributed by atoms with van der Waals surface area (Å²) in [5.41, 5.74) is 24.0. The Bertz CT molecular complexity index is 3040. The lowest BCUT2D eigenvalue weighted by atomic mass is 9.82. The molecule has 0 aliphatic heterocycles. The average molecular weight is 840 g/mol. The molecule has 11 rings (SSSR count). The molecule has 3 aliphatic carbocycles. The van der Waals surface area contributed by atoms with Gasteiger partial charge >= 0.3 is 0 Å². The molecule has 1 N–H and O–H groups in total. The first-order valence-electron chi connectivity index (χ1n) is 21.1. The zero-order chi connectivity index (χ0) is 41.1. The van der Waals surface area contributed by atoms with Crippen LogP contribution >= 0.6 is 15.9 Å². The molecule has 0 saturated heterocycles. The zero-order valence-electron chi connectivity index (χ0n) is 35.0. The predicted molar refractivity (Wildman–Crippen MR) is 257 cm³/mol. The van der Waals surface area contributed by atoms with Crippen molar-refractivity contribution in [2.75, 3.05) is 10.2 Å². The van der Waals surface area contributed by atoms with Gasteiger partial charge < -0.3 is 10.2 Å². The SMILES string of the molecule is CC1(C)c2ccccc2-c2ccc(Nc3ccc(-c4ccc(N(c5ccc6c(c5)C(C)(C)c5ccccc5-6)c5ccc6c(c5)C(C)(C)c5cc(Br)ccc5-6)cc4)cc3)cc21. The topological polar surface area (TPSA) is 15.3 Å². The van der Waals surface area contributed by atoms with E-state index in [4.69, 9.17) is 0 Å². The van der Waals surface area contributed by atoms with E-state index in [0.717, 1.165) is 32.9 Å². The molecule has 60 heavy (non-hydrogen) atoms. The van der Waals surface area contributed by atoms with Gasteiger partial charge in [0.05, 0.1) is 0 Å². The minimum Gasteiger partial charge on any atom is -0.356 e. The van der Waals surface area contributed by atoms with Crippen LogP contribution in [0.1, 0.15) is 74.9 Å². The highest BCUT2D eigenvalue weighted by atomic mass is 79.9. The molecule has 0 aromatic heterocycles. The predicted octanol–water partition coefficient (Wildman–Crippen LogP) is 16.2. The summed E-state index contributed by atoms with van der Waals surface area (Å²) in [6.07, 6.45) is 0. The molecule has 2 nitrogen and oxygen atoms in total. The van der Waals surface area contributed by atoms with Crippen molar-refractivity contribution in [1.29, 1.82) is 0 Å². The van der Waals surface area contributed by atoms with Crippen molar-refractivity contribution < 1.29 is 0 Å². The van der Waals surface area contributed by atoms with Crippen LogP contribution in [-0.2, 0) is 16.2 Å². The van der Waals surface area contributed by atoms with E-state index in [1.165, 1.54) is 77.9 Å². The molecule has 0 amide bonds. The summed E-state index contributed by atoms with van der Waals surface area (Å²) < 4.78 is 1.12. The molecule has 0 saturated carbocycles. The second-order valence-corrected chi connectivity index (χ2v) is 19.4. The average Bonchev–Trinajstić information content (AvgIpc) is 3.73. The lowest BCUT2D eigenvalue weighted by Crippen LogP contribution is -2.18. The smallest absolute Gasteiger partial charge is 0.0465 e. The summed E-state index contributed by atoms with van der Waals surface area (Å²) in [6.45, 7) is 14.1. The molecule has 0 spiro atoms. The summed E-state index contributed by atoms with van der Waals surface area (Å²) in [7, 11) is 0. The Morgan fingerprint density at radius 3 is 1.28 bits per heavy atom. The normalized spacial score (nSPS) is 15.3. The largest absolute Gasteiger partial charge is 0.356 e. The van der Waals surface area contributed by atoms with E-state index in [2.05, 4.69) is 238 Å². The van der Waals surface area contributed by atoms with E-state index in [1.807, 2.05) is 0 Å². The number of halogens is 1. The standard InChI is InChI=1S/C57H47BrN2/c1-55(2)49-13-9-7-11-43(49)46-28-22-39(32-52(46)55)59-38-20-15-35(16-21-38)36-17-23-40(24-18-36)60(41-25-29-47-44-12-8-10-14-50(44)56(3,4)53(47)33-41)42-26-30-48-45-27-19-37(58)31-51(45)57(5,6)54(48)34-42/h7-34,59H,1-6H3. The fourth-order valence-electron chi connectivity index (χ4n) is 10.6. The van der Waals surface area contributed by atoms with Crippen molar-refractivity contribution in [3.8, 4) is 44.5 Å². The van der Waals surface area contributed by atoms with Crippen molar-refractivity contribution in [3.05, 3.63) is 208 Å². The Kier molecular flexibility index (Phi) is 8.10.